The van der Waals surface area contributed by atoms with Crippen LogP contribution in [0.5, 0.6) is 0 Å². The Labute approximate surface area is 124 Å². The van der Waals surface area contributed by atoms with E-state index in [0.717, 1.165) is 52.0 Å². The van der Waals surface area contributed by atoms with E-state index in [4.69, 9.17) is 5.73 Å². The van der Waals surface area contributed by atoms with Gasteiger partial charge in [0.2, 0.25) is 5.91 Å². The van der Waals surface area contributed by atoms with Crippen LogP contribution < -0.4 is 5.73 Å². The number of rotatable bonds is 9. The van der Waals surface area contributed by atoms with E-state index in [0.29, 0.717) is 18.4 Å². The summed E-state index contributed by atoms with van der Waals surface area (Å²) in [5.74, 6) is 0.803. The molecule has 0 aromatic rings. The van der Waals surface area contributed by atoms with E-state index in [1.807, 2.05) is 0 Å². The molecular formula is C16H33N3O. The molecule has 4 nitrogen and oxygen atoms in total. The molecule has 1 saturated carbocycles. The van der Waals surface area contributed by atoms with Gasteiger partial charge in [-0.25, -0.2) is 0 Å². The molecule has 0 aromatic heterocycles. The zero-order chi connectivity index (χ0) is 15.2. The summed E-state index contributed by atoms with van der Waals surface area (Å²) in [6, 6.07) is 0. The first-order valence-corrected chi connectivity index (χ1v) is 8.20. The third-order valence-corrected chi connectivity index (χ3v) is 4.61. The lowest BCUT2D eigenvalue weighted by Crippen LogP contribution is -2.54. The number of hydrogen-bond acceptors (Lipinski definition) is 3. The van der Waals surface area contributed by atoms with Crippen LogP contribution in [0.4, 0.5) is 0 Å². The van der Waals surface area contributed by atoms with Gasteiger partial charge in [0, 0.05) is 26.2 Å². The van der Waals surface area contributed by atoms with E-state index >= 15 is 0 Å². The van der Waals surface area contributed by atoms with E-state index < -0.39 is 0 Å². The second-order valence-electron chi connectivity index (χ2n) is 6.51. The van der Waals surface area contributed by atoms with Gasteiger partial charge < -0.3 is 15.5 Å². The molecule has 1 rings (SSSR count). The second kappa shape index (κ2) is 7.99. The minimum absolute atomic E-state index is 0.238. The van der Waals surface area contributed by atoms with Crippen LogP contribution in [0.1, 0.15) is 47.0 Å². The SMILES string of the molecule is CCN(CC)CCN(CC(C)C)C(=O)C1(CN)CCC1. The number of carbonyl (C=O) groups is 1. The highest BCUT2D eigenvalue weighted by Crippen LogP contribution is 2.41. The van der Waals surface area contributed by atoms with Crippen molar-refractivity contribution in [2.45, 2.75) is 47.0 Å². The summed E-state index contributed by atoms with van der Waals surface area (Å²) in [6.07, 6.45) is 3.10. The fourth-order valence-corrected chi connectivity index (χ4v) is 2.96. The molecule has 2 N–H and O–H groups in total. The lowest BCUT2D eigenvalue weighted by Gasteiger charge is -2.43. The molecule has 0 saturated heterocycles. The molecule has 1 aliphatic carbocycles. The van der Waals surface area contributed by atoms with Gasteiger partial charge in [-0.05, 0) is 31.8 Å². The first-order valence-electron chi connectivity index (χ1n) is 8.20. The van der Waals surface area contributed by atoms with Crippen LogP contribution in [0.2, 0.25) is 0 Å². The Bertz CT molecular complexity index is 291. The Hall–Kier alpha value is -0.610. The summed E-state index contributed by atoms with van der Waals surface area (Å²) in [5.41, 5.74) is 5.65. The topological polar surface area (TPSA) is 49.6 Å². The van der Waals surface area contributed by atoms with Gasteiger partial charge in [0.1, 0.15) is 0 Å². The Kier molecular flexibility index (Phi) is 6.96. The minimum atomic E-state index is -0.238. The summed E-state index contributed by atoms with van der Waals surface area (Å²) in [6.45, 7) is 13.9. The molecular weight excluding hydrogens is 250 g/mol. The Balaban J connectivity index is 2.65. The van der Waals surface area contributed by atoms with Gasteiger partial charge in [-0.2, -0.15) is 0 Å². The maximum absolute atomic E-state index is 12.8. The summed E-state index contributed by atoms with van der Waals surface area (Å²) in [5, 5.41) is 0. The van der Waals surface area contributed by atoms with Crippen molar-refractivity contribution in [3.8, 4) is 0 Å². The number of nitrogens with two attached hydrogens (primary N) is 1. The van der Waals surface area contributed by atoms with E-state index in [1.54, 1.807) is 0 Å². The zero-order valence-electron chi connectivity index (χ0n) is 13.8. The molecule has 0 aliphatic heterocycles. The third kappa shape index (κ3) is 4.19. The van der Waals surface area contributed by atoms with Gasteiger partial charge in [-0.15, -0.1) is 0 Å². The maximum Gasteiger partial charge on any atom is 0.230 e. The average Bonchev–Trinajstić information content (AvgIpc) is 2.37. The highest BCUT2D eigenvalue weighted by molar-refractivity contribution is 5.84. The van der Waals surface area contributed by atoms with Crippen LogP contribution >= 0.6 is 0 Å². The van der Waals surface area contributed by atoms with Gasteiger partial charge >= 0.3 is 0 Å². The Morgan fingerprint density at radius 2 is 1.80 bits per heavy atom. The molecule has 0 unspecified atom stereocenters. The van der Waals surface area contributed by atoms with E-state index in [-0.39, 0.29) is 5.41 Å². The first kappa shape index (κ1) is 17.4. The van der Waals surface area contributed by atoms with Crippen LogP contribution in [0.3, 0.4) is 0 Å². The molecule has 118 valence electrons. The van der Waals surface area contributed by atoms with Crippen molar-refractivity contribution in [3.63, 3.8) is 0 Å². The van der Waals surface area contributed by atoms with Crippen molar-refractivity contribution >= 4 is 5.91 Å². The van der Waals surface area contributed by atoms with Crippen molar-refractivity contribution < 1.29 is 4.79 Å². The van der Waals surface area contributed by atoms with Crippen molar-refractivity contribution in [1.82, 2.24) is 9.80 Å². The fraction of sp³-hybridized carbons (Fsp3) is 0.938. The fourth-order valence-electron chi connectivity index (χ4n) is 2.96. The van der Waals surface area contributed by atoms with Crippen LogP contribution in [-0.4, -0.2) is 55.0 Å². The molecule has 0 atom stereocenters. The van der Waals surface area contributed by atoms with Crippen LogP contribution in [0.15, 0.2) is 0 Å². The molecule has 4 heteroatoms. The van der Waals surface area contributed by atoms with Gasteiger partial charge in [0.25, 0.3) is 0 Å². The van der Waals surface area contributed by atoms with Crippen molar-refractivity contribution in [3.05, 3.63) is 0 Å². The summed E-state index contributed by atoms with van der Waals surface area (Å²) >= 11 is 0. The molecule has 1 amide bonds. The van der Waals surface area contributed by atoms with Gasteiger partial charge in [-0.1, -0.05) is 34.1 Å². The van der Waals surface area contributed by atoms with E-state index in [9.17, 15) is 4.79 Å². The molecule has 0 aromatic carbocycles. The maximum atomic E-state index is 12.8. The third-order valence-electron chi connectivity index (χ3n) is 4.61. The van der Waals surface area contributed by atoms with E-state index in [1.165, 1.54) is 0 Å². The smallest absolute Gasteiger partial charge is 0.230 e. The molecule has 1 fully saturated rings. The Morgan fingerprint density at radius 3 is 2.15 bits per heavy atom. The molecule has 0 radical (unpaired) electrons. The Morgan fingerprint density at radius 1 is 1.20 bits per heavy atom. The number of amides is 1. The van der Waals surface area contributed by atoms with Gasteiger partial charge in [0.05, 0.1) is 5.41 Å². The van der Waals surface area contributed by atoms with Crippen LogP contribution in [0, 0.1) is 11.3 Å². The summed E-state index contributed by atoms with van der Waals surface area (Å²) in [7, 11) is 0. The van der Waals surface area contributed by atoms with Crippen molar-refractivity contribution in [2.75, 3.05) is 39.3 Å². The highest BCUT2D eigenvalue weighted by Gasteiger charge is 2.45. The molecule has 0 bridgehead atoms. The molecule has 20 heavy (non-hydrogen) atoms. The van der Waals surface area contributed by atoms with Gasteiger partial charge in [-0.3, -0.25) is 4.79 Å². The highest BCUT2D eigenvalue weighted by atomic mass is 16.2. The van der Waals surface area contributed by atoms with Gasteiger partial charge in [0.15, 0.2) is 0 Å². The second-order valence-corrected chi connectivity index (χ2v) is 6.51. The lowest BCUT2D eigenvalue weighted by atomic mass is 9.67. The summed E-state index contributed by atoms with van der Waals surface area (Å²) in [4.78, 5) is 17.3. The monoisotopic (exact) mass is 283 g/mol. The largest absolute Gasteiger partial charge is 0.341 e. The molecule has 0 spiro atoms. The normalized spacial score (nSPS) is 17.4. The predicted octanol–water partition coefficient (Wildman–Crippen LogP) is 1.94. The van der Waals surface area contributed by atoms with Crippen molar-refractivity contribution in [1.29, 1.82) is 0 Å². The first-order chi connectivity index (χ1) is 9.49. The van der Waals surface area contributed by atoms with Crippen LogP contribution in [0.25, 0.3) is 0 Å². The van der Waals surface area contributed by atoms with Crippen molar-refractivity contribution in [2.24, 2.45) is 17.1 Å². The quantitative estimate of drug-likeness (QED) is 0.703. The van der Waals surface area contributed by atoms with Crippen LogP contribution in [-0.2, 0) is 4.79 Å². The number of nitrogens with zero attached hydrogens (tertiary/aromatic N) is 2. The minimum Gasteiger partial charge on any atom is -0.341 e. The zero-order valence-corrected chi connectivity index (χ0v) is 13.8. The van der Waals surface area contributed by atoms with E-state index in [2.05, 4.69) is 37.5 Å². The lowest BCUT2D eigenvalue weighted by molar-refractivity contribution is -0.147. The molecule has 1 aliphatic rings. The summed E-state index contributed by atoms with van der Waals surface area (Å²) < 4.78 is 0. The average molecular weight is 283 g/mol. The number of hydrogen-bond donors (Lipinski definition) is 1. The standard InChI is InChI=1S/C16H33N3O/c1-5-18(6-2)10-11-19(12-14(3)4)15(20)16(13-17)8-7-9-16/h14H,5-13,17H2,1-4H3. The number of likely N-dealkylation sites (N-methyl/N-ethyl adjacent to an activating group) is 1. The predicted molar refractivity (Wildman–Crippen MR) is 84.5 cm³/mol. The number of carbonyl (C=O) groups excluding carboxylic acids is 1. The molecule has 0 heterocycles.